The molecule has 1 saturated heterocycles. The van der Waals surface area contributed by atoms with Crippen LogP contribution in [0.4, 0.5) is 0 Å². The zero-order valence-corrected chi connectivity index (χ0v) is 12.1. The lowest BCUT2D eigenvalue weighted by atomic mass is 9.96. The van der Waals surface area contributed by atoms with Crippen molar-refractivity contribution in [1.29, 1.82) is 0 Å². The fourth-order valence-electron chi connectivity index (χ4n) is 3.37. The van der Waals surface area contributed by atoms with Gasteiger partial charge in [0.1, 0.15) is 0 Å². The summed E-state index contributed by atoms with van der Waals surface area (Å²) in [6, 6.07) is 8.20. The first-order valence-corrected chi connectivity index (χ1v) is 7.49. The molecule has 1 aromatic rings. The van der Waals surface area contributed by atoms with Crippen molar-refractivity contribution in [2.45, 2.75) is 25.9 Å². The van der Waals surface area contributed by atoms with Crippen LogP contribution in [0, 0.1) is 5.92 Å². The fourth-order valence-corrected chi connectivity index (χ4v) is 3.37. The number of carbonyl (C=O) groups excluding carboxylic acids is 2. The van der Waals surface area contributed by atoms with Crippen LogP contribution < -0.4 is 5.73 Å². The molecule has 5 heteroatoms. The monoisotopic (exact) mass is 287 g/mol. The molecular formula is C16H21N3O2. The number of primary amides is 1. The summed E-state index contributed by atoms with van der Waals surface area (Å²) in [6.45, 7) is 3.17. The minimum absolute atomic E-state index is 0.00703. The highest BCUT2D eigenvalue weighted by Crippen LogP contribution is 2.26. The summed E-state index contributed by atoms with van der Waals surface area (Å²) >= 11 is 0. The molecule has 2 aliphatic rings. The molecule has 21 heavy (non-hydrogen) atoms. The summed E-state index contributed by atoms with van der Waals surface area (Å²) < 4.78 is 0. The van der Waals surface area contributed by atoms with E-state index in [9.17, 15) is 9.59 Å². The van der Waals surface area contributed by atoms with Crippen molar-refractivity contribution in [2.75, 3.05) is 19.6 Å². The van der Waals surface area contributed by atoms with Gasteiger partial charge in [0, 0.05) is 19.6 Å². The van der Waals surface area contributed by atoms with Gasteiger partial charge in [0.15, 0.2) is 0 Å². The number of piperidine rings is 1. The van der Waals surface area contributed by atoms with Crippen LogP contribution in [0.3, 0.4) is 0 Å². The van der Waals surface area contributed by atoms with E-state index in [2.05, 4.69) is 12.1 Å². The summed E-state index contributed by atoms with van der Waals surface area (Å²) in [5, 5.41) is 0. The molecule has 0 bridgehead atoms. The molecule has 1 aromatic carbocycles. The van der Waals surface area contributed by atoms with Gasteiger partial charge in [0.2, 0.25) is 11.8 Å². The van der Waals surface area contributed by atoms with Crippen LogP contribution in [-0.2, 0) is 22.7 Å². The molecule has 0 saturated carbocycles. The second-order valence-electron chi connectivity index (χ2n) is 6.00. The van der Waals surface area contributed by atoms with Gasteiger partial charge in [-0.05, 0) is 30.5 Å². The van der Waals surface area contributed by atoms with Crippen molar-refractivity contribution in [2.24, 2.45) is 11.7 Å². The molecule has 0 spiro atoms. The smallest absolute Gasteiger partial charge is 0.231 e. The number of hydrogen-bond acceptors (Lipinski definition) is 3. The zero-order valence-electron chi connectivity index (χ0n) is 12.1. The minimum atomic E-state index is -0.323. The molecule has 1 unspecified atom stereocenters. The van der Waals surface area contributed by atoms with Crippen LogP contribution in [0.15, 0.2) is 24.3 Å². The third kappa shape index (κ3) is 3.08. The molecule has 2 aliphatic heterocycles. The molecule has 2 N–H and O–H groups in total. The lowest BCUT2D eigenvalue weighted by molar-refractivity contribution is -0.138. The second-order valence-corrected chi connectivity index (χ2v) is 6.00. The maximum Gasteiger partial charge on any atom is 0.231 e. The van der Waals surface area contributed by atoms with Gasteiger partial charge in [0.05, 0.1) is 12.5 Å². The number of fused-ring (bicyclic) bond motifs is 1. The van der Waals surface area contributed by atoms with Crippen LogP contribution in [0.2, 0.25) is 0 Å². The van der Waals surface area contributed by atoms with E-state index >= 15 is 0 Å². The predicted octanol–water partition coefficient (Wildman–Crippen LogP) is 0.726. The summed E-state index contributed by atoms with van der Waals surface area (Å²) in [4.78, 5) is 27.6. The number of carbonyl (C=O) groups is 2. The van der Waals surface area contributed by atoms with Gasteiger partial charge in [-0.3, -0.25) is 14.5 Å². The Labute approximate surface area is 124 Å². The topological polar surface area (TPSA) is 66.6 Å². The summed E-state index contributed by atoms with van der Waals surface area (Å²) in [5.41, 5.74) is 7.74. The summed E-state index contributed by atoms with van der Waals surface area (Å²) in [7, 11) is 0. The van der Waals surface area contributed by atoms with Gasteiger partial charge >= 0.3 is 0 Å². The average Bonchev–Trinajstić information content (AvgIpc) is 2.90. The van der Waals surface area contributed by atoms with Crippen molar-refractivity contribution in [1.82, 2.24) is 9.80 Å². The van der Waals surface area contributed by atoms with Crippen LogP contribution >= 0.6 is 0 Å². The Hall–Kier alpha value is -1.88. The van der Waals surface area contributed by atoms with Gasteiger partial charge in [-0.1, -0.05) is 24.3 Å². The number of nitrogens with zero attached hydrogens (tertiary/aromatic N) is 2. The Morgan fingerprint density at radius 2 is 1.86 bits per heavy atom. The van der Waals surface area contributed by atoms with E-state index in [1.54, 1.807) is 0 Å². The van der Waals surface area contributed by atoms with Crippen LogP contribution in [-0.4, -0.2) is 41.2 Å². The SMILES string of the molecule is NC(=O)CN1CCCC(C(=O)N2Cc3ccccc3C2)C1. The molecular weight excluding hydrogens is 266 g/mol. The quantitative estimate of drug-likeness (QED) is 0.891. The lowest BCUT2D eigenvalue weighted by Crippen LogP contribution is -2.45. The van der Waals surface area contributed by atoms with E-state index in [1.165, 1.54) is 11.1 Å². The fraction of sp³-hybridized carbons (Fsp3) is 0.500. The Balaban J connectivity index is 1.62. The number of nitrogens with two attached hydrogens (primary N) is 1. The van der Waals surface area contributed by atoms with E-state index in [0.717, 1.165) is 19.4 Å². The van der Waals surface area contributed by atoms with Crippen molar-refractivity contribution in [3.63, 3.8) is 0 Å². The molecule has 0 aliphatic carbocycles. The molecule has 1 fully saturated rings. The van der Waals surface area contributed by atoms with Gasteiger partial charge < -0.3 is 10.6 Å². The van der Waals surface area contributed by atoms with Gasteiger partial charge in [-0.15, -0.1) is 0 Å². The molecule has 0 radical (unpaired) electrons. The molecule has 2 amide bonds. The Kier molecular flexibility index (Phi) is 3.92. The van der Waals surface area contributed by atoms with E-state index in [1.807, 2.05) is 21.9 Å². The summed E-state index contributed by atoms with van der Waals surface area (Å²) in [6.07, 6.45) is 1.85. The molecule has 5 nitrogen and oxygen atoms in total. The van der Waals surface area contributed by atoms with Crippen LogP contribution in [0.5, 0.6) is 0 Å². The lowest BCUT2D eigenvalue weighted by Gasteiger charge is -2.33. The van der Waals surface area contributed by atoms with E-state index < -0.39 is 0 Å². The molecule has 112 valence electrons. The molecule has 2 heterocycles. The normalized spacial score (nSPS) is 22.1. The van der Waals surface area contributed by atoms with Crippen LogP contribution in [0.1, 0.15) is 24.0 Å². The van der Waals surface area contributed by atoms with E-state index in [0.29, 0.717) is 19.6 Å². The molecule has 3 rings (SSSR count). The molecule has 1 atom stereocenters. The van der Waals surface area contributed by atoms with Crippen molar-refractivity contribution >= 4 is 11.8 Å². The maximum absolute atomic E-state index is 12.7. The first-order chi connectivity index (χ1) is 10.1. The standard InChI is InChI=1S/C16H21N3O2/c17-15(20)11-18-7-3-6-14(8-18)16(21)19-9-12-4-1-2-5-13(12)10-19/h1-2,4-5,14H,3,6-11H2,(H2,17,20). The number of amides is 2. The highest BCUT2D eigenvalue weighted by atomic mass is 16.2. The predicted molar refractivity (Wildman–Crippen MR) is 79.1 cm³/mol. The van der Waals surface area contributed by atoms with E-state index in [-0.39, 0.29) is 24.3 Å². The maximum atomic E-state index is 12.7. The second kappa shape index (κ2) is 5.85. The third-order valence-corrected chi connectivity index (χ3v) is 4.39. The Morgan fingerprint density at radius 1 is 1.19 bits per heavy atom. The summed E-state index contributed by atoms with van der Waals surface area (Å²) in [5.74, 6) is -0.121. The number of rotatable bonds is 3. The first kappa shape index (κ1) is 14.1. The van der Waals surface area contributed by atoms with Crippen LogP contribution in [0.25, 0.3) is 0 Å². The van der Waals surface area contributed by atoms with Gasteiger partial charge in [0.25, 0.3) is 0 Å². The Bertz CT molecular complexity index is 533. The highest BCUT2D eigenvalue weighted by molar-refractivity contribution is 5.80. The Morgan fingerprint density at radius 3 is 2.48 bits per heavy atom. The number of hydrogen-bond donors (Lipinski definition) is 1. The number of likely N-dealkylation sites (tertiary alicyclic amines) is 1. The van der Waals surface area contributed by atoms with Gasteiger partial charge in [-0.25, -0.2) is 0 Å². The third-order valence-electron chi connectivity index (χ3n) is 4.39. The highest BCUT2D eigenvalue weighted by Gasteiger charge is 2.32. The van der Waals surface area contributed by atoms with Crippen molar-refractivity contribution in [3.8, 4) is 0 Å². The molecule has 0 aromatic heterocycles. The average molecular weight is 287 g/mol. The van der Waals surface area contributed by atoms with Gasteiger partial charge in [-0.2, -0.15) is 0 Å². The van der Waals surface area contributed by atoms with Crippen molar-refractivity contribution < 1.29 is 9.59 Å². The van der Waals surface area contributed by atoms with E-state index in [4.69, 9.17) is 5.73 Å². The first-order valence-electron chi connectivity index (χ1n) is 7.49. The zero-order chi connectivity index (χ0) is 14.8. The van der Waals surface area contributed by atoms with Crippen molar-refractivity contribution in [3.05, 3.63) is 35.4 Å². The number of benzene rings is 1. The largest absolute Gasteiger partial charge is 0.369 e. The minimum Gasteiger partial charge on any atom is -0.369 e.